The highest BCUT2D eigenvalue weighted by Gasteiger charge is 2.22. The Balaban J connectivity index is 3.19. The van der Waals surface area contributed by atoms with E-state index in [2.05, 4.69) is 71.7 Å². The minimum Gasteiger partial charge on any atom is -0.0928 e. The summed E-state index contributed by atoms with van der Waals surface area (Å²) in [7, 11) is 0. The molecule has 15 heavy (non-hydrogen) atoms. The summed E-state index contributed by atoms with van der Waals surface area (Å²) >= 11 is 7.11. The molecule has 0 spiro atoms. The van der Waals surface area contributed by atoms with Crippen LogP contribution in [0.3, 0.4) is 0 Å². The summed E-state index contributed by atoms with van der Waals surface area (Å²) in [5, 5.41) is 1.05. The second-order valence-corrected chi connectivity index (χ2v) is 6.39. The van der Waals surface area contributed by atoms with Crippen molar-refractivity contribution in [2.45, 2.75) is 39.5 Å². The Morgan fingerprint density at radius 1 is 1.13 bits per heavy atom. The van der Waals surface area contributed by atoms with Gasteiger partial charge in [-0.1, -0.05) is 51.8 Å². The minimum atomic E-state index is 0.249. The van der Waals surface area contributed by atoms with E-state index in [1.54, 1.807) is 0 Å². The van der Waals surface area contributed by atoms with E-state index >= 15 is 0 Å². The van der Waals surface area contributed by atoms with E-state index in [0.29, 0.717) is 0 Å². The van der Waals surface area contributed by atoms with E-state index in [1.165, 1.54) is 21.2 Å². The van der Waals surface area contributed by atoms with Crippen molar-refractivity contribution in [2.24, 2.45) is 0 Å². The van der Waals surface area contributed by atoms with Gasteiger partial charge in [0.1, 0.15) is 0 Å². The van der Waals surface area contributed by atoms with Gasteiger partial charge in [-0.2, -0.15) is 0 Å². The fourth-order valence-electron chi connectivity index (χ4n) is 1.88. The van der Waals surface area contributed by atoms with Gasteiger partial charge < -0.3 is 0 Å². The molecule has 0 bridgehead atoms. The number of halogens is 2. The molecule has 0 radical (unpaired) electrons. The fourth-order valence-corrected chi connectivity index (χ4v) is 3.33. The third-order valence-electron chi connectivity index (χ3n) is 2.95. The van der Waals surface area contributed by atoms with E-state index in [9.17, 15) is 0 Å². The molecule has 0 heterocycles. The third-order valence-corrected chi connectivity index (χ3v) is 4.21. The number of aryl methyl sites for hydroxylation is 2. The topological polar surface area (TPSA) is 0 Å². The molecule has 0 atom stereocenters. The molecule has 0 nitrogen and oxygen atoms in total. The Morgan fingerprint density at radius 2 is 1.73 bits per heavy atom. The third kappa shape index (κ3) is 3.07. The van der Waals surface area contributed by atoms with Crippen molar-refractivity contribution < 1.29 is 0 Å². The lowest BCUT2D eigenvalue weighted by molar-refractivity contribution is 0.509. The van der Waals surface area contributed by atoms with Gasteiger partial charge in [0.15, 0.2) is 0 Å². The highest BCUT2D eigenvalue weighted by Crippen LogP contribution is 2.33. The van der Waals surface area contributed by atoms with Crippen LogP contribution in [0.4, 0.5) is 0 Å². The molecule has 0 aliphatic carbocycles. The second kappa shape index (κ2) is 5.01. The maximum Gasteiger partial charge on any atom is 0.0207 e. The molecule has 0 saturated carbocycles. The molecule has 0 aliphatic rings. The van der Waals surface area contributed by atoms with Gasteiger partial charge in [-0.15, -0.1) is 0 Å². The van der Waals surface area contributed by atoms with Crippen LogP contribution in [-0.2, 0) is 5.41 Å². The van der Waals surface area contributed by atoms with Crippen molar-refractivity contribution in [1.29, 1.82) is 0 Å². The molecular formula is C13H18Br2. The van der Waals surface area contributed by atoms with Crippen LogP contribution in [0.15, 0.2) is 16.6 Å². The maximum absolute atomic E-state index is 3.58. The predicted molar refractivity (Wildman–Crippen MR) is 75.1 cm³/mol. The Morgan fingerprint density at radius 3 is 2.27 bits per heavy atom. The van der Waals surface area contributed by atoms with Gasteiger partial charge in [-0.25, -0.2) is 0 Å². The zero-order chi connectivity index (χ0) is 11.6. The van der Waals surface area contributed by atoms with E-state index < -0.39 is 0 Å². The van der Waals surface area contributed by atoms with Crippen LogP contribution in [0, 0.1) is 13.8 Å². The molecule has 0 N–H and O–H groups in total. The summed E-state index contributed by atoms with van der Waals surface area (Å²) in [6.45, 7) is 8.96. The van der Waals surface area contributed by atoms with Gasteiger partial charge in [0.25, 0.3) is 0 Å². The quantitative estimate of drug-likeness (QED) is 0.673. The van der Waals surface area contributed by atoms with E-state index in [-0.39, 0.29) is 5.41 Å². The largest absolute Gasteiger partial charge is 0.0928 e. The standard InChI is InChI=1S/C13H18Br2/c1-9-8-12(15)10(2)7-11(9)13(3,4)5-6-14/h7-8H,5-6H2,1-4H3. The second-order valence-electron chi connectivity index (χ2n) is 4.74. The summed E-state index contributed by atoms with van der Waals surface area (Å²) < 4.78 is 1.21. The molecular weight excluding hydrogens is 316 g/mol. The lowest BCUT2D eigenvalue weighted by atomic mass is 9.79. The number of rotatable bonds is 3. The first-order chi connectivity index (χ1) is 6.88. The highest BCUT2D eigenvalue weighted by atomic mass is 79.9. The molecule has 0 aromatic heterocycles. The van der Waals surface area contributed by atoms with Gasteiger partial charge in [-0.05, 0) is 48.4 Å². The first-order valence-corrected chi connectivity index (χ1v) is 7.13. The normalized spacial score (nSPS) is 11.9. The van der Waals surface area contributed by atoms with Gasteiger partial charge in [0.05, 0.1) is 0 Å². The number of benzene rings is 1. The lowest BCUT2D eigenvalue weighted by Gasteiger charge is -2.27. The highest BCUT2D eigenvalue weighted by molar-refractivity contribution is 9.10. The Hall–Kier alpha value is 0.180. The van der Waals surface area contributed by atoms with Gasteiger partial charge in [0.2, 0.25) is 0 Å². The molecule has 1 aromatic carbocycles. The van der Waals surface area contributed by atoms with E-state index in [1.807, 2.05) is 0 Å². The van der Waals surface area contributed by atoms with Gasteiger partial charge in [-0.3, -0.25) is 0 Å². The summed E-state index contributed by atoms with van der Waals surface area (Å²) in [5.41, 5.74) is 4.40. The van der Waals surface area contributed by atoms with Gasteiger partial charge >= 0.3 is 0 Å². The van der Waals surface area contributed by atoms with Crippen molar-refractivity contribution in [3.8, 4) is 0 Å². The van der Waals surface area contributed by atoms with Crippen LogP contribution < -0.4 is 0 Å². The Bertz CT molecular complexity index is 354. The Labute approximate surface area is 110 Å². The monoisotopic (exact) mass is 332 g/mol. The number of hydrogen-bond acceptors (Lipinski definition) is 0. The molecule has 2 heteroatoms. The average molecular weight is 334 g/mol. The summed E-state index contributed by atoms with van der Waals surface area (Å²) in [6, 6.07) is 4.53. The van der Waals surface area contributed by atoms with Crippen molar-refractivity contribution in [1.82, 2.24) is 0 Å². The van der Waals surface area contributed by atoms with Crippen molar-refractivity contribution in [2.75, 3.05) is 5.33 Å². The van der Waals surface area contributed by atoms with E-state index in [4.69, 9.17) is 0 Å². The lowest BCUT2D eigenvalue weighted by Crippen LogP contribution is -2.19. The van der Waals surface area contributed by atoms with Crippen molar-refractivity contribution in [3.05, 3.63) is 33.3 Å². The zero-order valence-electron chi connectivity index (χ0n) is 9.82. The van der Waals surface area contributed by atoms with Crippen LogP contribution in [0.25, 0.3) is 0 Å². The predicted octanol–water partition coefficient (Wildman–Crippen LogP) is 5.13. The molecule has 0 aliphatic heterocycles. The number of alkyl halides is 1. The molecule has 1 aromatic rings. The summed E-state index contributed by atoms with van der Waals surface area (Å²) in [6.07, 6.45) is 1.16. The Kier molecular flexibility index (Phi) is 4.42. The average Bonchev–Trinajstić information content (AvgIpc) is 2.11. The first kappa shape index (κ1) is 13.2. The molecule has 1 rings (SSSR count). The van der Waals surface area contributed by atoms with Crippen LogP contribution in [0.2, 0.25) is 0 Å². The molecule has 0 amide bonds. The SMILES string of the molecule is Cc1cc(C(C)(C)CCBr)c(C)cc1Br. The summed E-state index contributed by atoms with van der Waals surface area (Å²) in [5.74, 6) is 0. The van der Waals surface area contributed by atoms with Gasteiger partial charge in [0, 0.05) is 9.80 Å². The fraction of sp³-hybridized carbons (Fsp3) is 0.538. The smallest absolute Gasteiger partial charge is 0.0207 e. The van der Waals surface area contributed by atoms with Crippen molar-refractivity contribution in [3.63, 3.8) is 0 Å². The van der Waals surface area contributed by atoms with E-state index in [0.717, 1.165) is 11.8 Å². The first-order valence-electron chi connectivity index (χ1n) is 5.21. The molecule has 0 unspecified atom stereocenters. The molecule has 0 fully saturated rings. The van der Waals surface area contributed by atoms with Crippen LogP contribution in [0.5, 0.6) is 0 Å². The van der Waals surface area contributed by atoms with Crippen LogP contribution in [0.1, 0.15) is 37.0 Å². The van der Waals surface area contributed by atoms with Crippen LogP contribution in [-0.4, -0.2) is 5.33 Å². The summed E-state index contributed by atoms with van der Waals surface area (Å²) in [4.78, 5) is 0. The zero-order valence-corrected chi connectivity index (χ0v) is 13.0. The molecule has 0 saturated heterocycles. The number of hydrogen-bond donors (Lipinski definition) is 0. The minimum absolute atomic E-state index is 0.249. The van der Waals surface area contributed by atoms with Crippen molar-refractivity contribution >= 4 is 31.9 Å². The molecule has 84 valence electrons. The van der Waals surface area contributed by atoms with Crippen LogP contribution >= 0.6 is 31.9 Å². The maximum atomic E-state index is 3.58.